The van der Waals surface area contributed by atoms with E-state index in [1.54, 1.807) is 11.9 Å². The van der Waals surface area contributed by atoms with Crippen molar-refractivity contribution in [2.75, 3.05) is 20.1 Å². The first kappa shape index (κ1) is 12.2. The molecule has 1 aliphatic rings. The van der Waals surface area contributed by atoms with Gasteiger partial charge in [0, 0.05) is 5.92 Å². The lowest BCUT2D eigenvalue weighted by Gasteiger charge is -2.22. The Morgan fingerprint density at radius 1 is 1.20 bits per heavy atom. The number of carbonyl (C=O) groups excluding carboxylic acids is 2. The Morgan fingerprint density at radius 2 is 1.80 bits per heavy atom. The molecule has 0 aromatic heterocycles. The first-order valence-electron chi connectivity index (χ1n) is 5.59. The highest BCUT2D eigenvalue weighted by Crippen LogP contribution is 2.24. The molecule has 86 valence electrons. The van der Waals surface area contributed by atoms with Crippen LogP contribution in [0.15, 0.2) is 0 Å². The fourth-order valence-electron chi connectivity index (χ4n) is 2.14. The second-order valence-electron chi connectivity index (χ2n) is 4.44. The predicted octanol–water partition coefficient (Wildman–Crippen LogP) is 0.553. The van der Waals surface area contributed by atoms with Crippen molar-refractivity contribution in [3.63, 3.8) is 0 Å². The number of ketones is 1. The number of rotatable bonds is 5. The summed E-state index contributed by atoms with van der Waals surface area (Å²) < 4.78 is 0. The average Bonchev–Trinajstić information content (AvgIpc) is 2.17. The monoisotopic (exact) mass is 212 g/mol. The zero-order valence-corrected chi connectivity index (χ0v) is 9.37. The number of amides is 1. The van der Waals surface area contributed by atoms with Crippen LogP contribution < -0.4 is 5.73 Å². The number of nitrogens with zero attached hydrogens (tertiary/aromatic N) is 1. The van der Waals surface area contributed by atoms with Crippen LogP contribution in [0, 0.1) is 5.92 Å². The summed E-state index contributed by atoms with van der Waals surface area (Å²) in [7, 11) is 1.76. The summed E-state index contributed by atoms with van der Waals surface area (Å²) >= 11 is 0. The van der Waals surface area contributed by atoms with Crippen LogP contribution in [0.3, 0.4) is 0 Å². The molecule has 0 heterocycles. The summed E-state index contributed by atoms with van der Waals surface area (Å²) in [6.07, 6.45) is 5.61. The number of carbonyl (C=O) groups is 2. The molecule has 0 aromatic rings. The SMILES string of the molecule is CN(CC(N)=O)CC(=O)C1CCCCC1. The number of likely N-dealkylation sites (N-methyl/N-ethyl adjacent to an activating group) is 1. The van der Waals surface area contributed by atoms with Crippen molar-refractivity contribution in [2.45, 2.75) is 32.1 Å². The highest BCUT2D eigenvalue weighted by molar-refractivity contribution is 5.84. The second kappa shape index (κ2) is 5.85. The van der Waals surface area contributed by atoms with E-state index in [0.717, 1.165) is 25.7 Å². The molecule has 4 nitrogen and oxygen atoms in total. The van der Waals surface area contributed by atoms with E-state index in [1.807, 2.05) is 0 Å². The topological polar surface area (TPSA) is 63.4 Å². The minimum atomic E-state index is -0.381. The Labute approximate surface area is 90.8 Å². The smallest absolute Gasteiger partial charge is 0.231 e. The Bertz CT molecular complexity index is 235. The fraction of sp³-hybridized carbons (Fsp3) is 0.818. The highest BCUT2D eigenvalue weighted by atomic mass is 16.1. The zero-order valence-electron chi connectivity index (χ0n) is 9.37. The lowest BCUT2D eigenvalue weighted by molar-refractivity contribution is -0.125. The third-order valence-corrected chi connectivity index (χ3v) is 2.91. The van der Waals surface area contributed by atoms with E-state index < -0.39 is 0 Å². The molecule has 0 saturated heterocycles. The Morgan fingerprint density at radius 3 is 2.33 bits per heavy atom. The molecule has 1 saturated carbocycles. The Balaban J connectivity index is 2.30. The van der Waals surface area contributed by atoms with Gasteiger partial charge in [-0.1, -0.05) is 19.3 Å². The molecule has 4 heteroatoms. The molecule has 0 aromatic carbocycles. The summed E-state index contributed by atoms with van der Waals surface area (Å²) in [5, 5.41) is 0. The number of hydrogen-bond acceptors (Lipinski definition) is 3. The van der Waals surface area contributed by atoms with Crippen LogP contribution in [0.25, 0.3) is 0 Å². The van der Waals surface area contributed by atoms with Crippen LogP contribution in [0.4, 0.5) is 0 Å². The maximum Gasteiger partial charge on any atom is 0.231 e. The van der Waals surface area contributed by atoms with Crippen molar-refractivity contribution >= 4 is 11.7 Å². The Kier molecular flexibility index (Phi) is 4.75. The summed E-state index contributed by atoms with van der Waals surface area (Å²) in [4.78, 5) is 24.1. The van der Waals surface area contributed by atoms with Gasteiger partial charge in [-0.15, -0.1) is 0 Å². The van der Waals surface area contributed by atoms with Gasteiger partial charge in [0.1, 0.15) is 5.78 Å². The van der Waals surface area contributed by atoms with Crippen molar-refractivity contribution in [3.8, 4) is 0 Å². The number of nitrogens with two attached hydrogens (primary N) is 1. The summed E-state index contributed by atoms with van der Waals surface area (Å²) in [6, 6.07) is 0. The minimum Gasteiger partial charge on any atom is -0.369 e. The molecule has 0 spiro atoms. The lowest BCUT2D eigenvalue weighted by Crippen LogP contribution is -2.36. The molecule has 0 radical (unpaired) electrons. The van der Waals surface area contributed by atoms with Gasteiger partial charge >= 0.3 is 0 Å². The van der Waals surface area contributed by atoms with Gasteiger partial charge in [-0.25, -0.2) is 0 Å². The fourth-order valence-corrected chi connectivity index (χ4v) is 2.14. The molecule has 1 amide bonds. The lowest BCUT2D eigenvalue weighted by atomic mass is 9.86. The molecule has 1 aliphatic carbocycles. The van der Waals surface area contributed by atoms with Gasteiger partial charge in [-0.2, -0.15) is 0 Å². The summed E-state index contributed by atoms with van der Waals surface area (Å²) in [5.41, 5.74) is 5.06. The summed E-state index contributed by atoms with van der Waals surface area (Å²) in [5.74, 6) is 0.0986. The van der Waals surface area contributed by atoms with Crippen LogP contribution in [0.5, 0.6) is 0 Å². The number of hydrogen-bond donors (Lipinski definition) is 1. The first-order chi connectivity index (χ1) is 7.09. The molecule has 1 rings (SSSR count). The van der Waals surface area contributed by atoms with Gasteiger partial charge in [0.25, 0.3) is 0 Å². The molecule has 0 atom stereocenters. The molecule has 0 bridgehead atoms. The van der Waals surface area contributed by atoms with E-state index in [-0.39, 0.29) is 24.2 Å². The Hall–Kier alpha value is -0.900. The zero-order chi connectivity index (χ0) is 11.3. The van der Waals surface area contributed by atoms with Crippen LogP contribution in [-0.2, 0) is 9.59 Å². The first-order valence-corrected chi connectivity index (χ1v) is 5.59. The van der Waals surface area contributed by atoms with Gasteiger partial charge < -0.3 is 5.73 Å². The standard InChI is InChI=1S/C11H20N2O2/c1-13(8-11(12)15)7-10(14)9-5-3-2-4-6-9/h9H,2-8H2,1H3,(H2,12,15). The van der Waals surface area contributed by atoms with E-state index in [1.165, 1.54) is 6.42 Å². The molecular weight excluding hydrogens is 192 g/mol. The normalized spacial score (nSPS) is 18.0. The minimum absolute atomic E-state index is 0.165. The summed E-state index contributed by atoms with van der Waals surface area (Å²) in [6.45, 7) is 0.520. The van der Waals surface area contributed by atoms with Crippen molar-refractivity contribution in [1.29, 1.82) is 0 Å². The predicted molar refractivity (Wildman–Crippen MR) is 58.3 cm³/mol. The van der Waals surface area contributed by atoms with Gasteiger partial charge in [-0.05, 0) is 19.9 Å². The molecule has 0 unspecified atom stereocenters. The van der Waals surface area contributed by atoms with Crippen LogP contribution in [-0.4, -0.2) is 36.7 Å². The molecule has 15 heavy (non-hydrogen) atoms. The third kappa shape index (κ3) is 4.42. The molecule has 2 N–H and O–H groups in total. The average molecular weight is 212 g/mol. The highest BCUT2D eigenvalue weighted by Gasteiger charge is 2.21. The second-order valence-corrected chi connectivity index (χ2v) is 4.44. The maximum atomic E-state index is 11.8. The number of primary amides is 1. The largest absolute Gasteiger partial charge is 0.369 e. The number of Topliss-reactive ketones (excluding diaryl/α,β-unsaturated/α-hetero) is 1. The van der Waals surface area contributed by atoms with E-state index in [0.29, 0.717) is 6.54 Å². The third-order valence-electron chi connectivity index (χ3n) is 2.91. The van der Waals surface area contributed by atoms with Crippen LogP contribution in [0.2, 0.25) is 0 Å². The van der Waals surface area contributed by atoms with Gasteiger partial charge in [0.15, 0.2) is 0 Å². The van der Waals surface area contributed by atoms with Gasteiger partial charge in [0.05, 0.1) is 13.1 Å². The maximum absolute atomic E-state index is 11.8. The van der Waals surface area contributed by atoms with E-state index in [9.17, 15) is 9.59 Å². The van der Waals surface area contributed by atoms with E-state index in [2.05, 4.69) is 0 Å². The van der Waals surface area contributed by atoms with Gasteiger partial charge in [0.2, 0.25) is 5.91 Å². The van der Waals surface area contributed by atoms with E-state index >= 15 is 0 Å². The van der Waals surface area contributed by atoms with Crippen molar-refractivity contribution in [3.05, 3.63) is 0 Å². The van der Waals surface area contributed by atoms with Crippen molar-refractivity contribution in [1.82, 2.24) is 4.90 Å². The van der Waals surface area contributed by atoms with E-state index in [4.69, 9.17) is 5.73 Å². The molecule has 0 aliphatic heterocycles. The molecule has 1 fully saturated rings. The van der Waals surface area contributed by atoms with Crippen LogP contribution in [0.1, 0.15) is 32.1 Å². The molecular formula is C11H20N2O2. The van der Waals surface area contributed by atoms with Crippen LogP contribution >= 0.6 is 0 Å². The van der Waals surface area contributed by atoms with Crippen molar-refractivity contribution in [2.24, 2.45) is 11.7 Å². The van der Waals surface area contributed by atoms with Gasteiger partial charge in [-0.3, -0.25) is 14.5 Å². The quantitative estimate of drug-likeness (QED) is 0.724. The van der Waals surface area contributed by atoms with Crippen molar-refractivity contribution < 1.29 is 9.59 Å².